The number of rotatable bonds is 5. The number of ether oxygens (including phenoxy) is 1. The number of halogens is 1. The molecule has 0 aliphatic heterocycles. The normalized spacial score (nSPS) is 10.1. The van der Waals surface area contributed by atoms with Crippen molar-refractivity contribution in [3.05, 3.63) is 23.5 Å². The molecule has 0 bridgehead atoms. The summed E-state index contributed by atoms with van der Waals surface area (Å²) in [6.07, 6.45) is 0.636. The summed E-state index contributed by atoms with van der Waals surface area (Å²) in [5, 5.41) is 17.7. The summed E-state index contributed by atoms with van der Waals surface area (Å²) < 4.78 is 18.2. The highest BCUT2D eigenvalue weighted by Crippen LogP contribution is 2.29. The highest BCUT2D eigenvalue weighted by Gasteiger charge is 2.10. The lowest BCUT2D eigenvalue weighted by molar-refractivity contribution is -0.137. The maximum atomic E-state index is 13.3. The van der Waals surface area contributed by atoms with Crippen molar-refractivity contribution in [2.45, 2.75) is 19.3 Å². The highest BCUT2D eigenvalue weighted by molar-refractivity contribution is 5.66. The Bertz CT molecular complexity index is 390. The Morgan fingerprint density at radius 3 is 2.75 bits per heavy atom. The lowest BCUT2D eigenvalue weighted by Gasteiger charge is -2.07. The Hall–Kier alpha value is -1.78. The average Bonchev–Trinajstić information content (AvgIpc) is 2.20. The predicted octanol–water partition coefficient (Wildman–Crippen LogP) is 1.95. The van der Waals surface area contributed by atoms with E-state index in [4.69, 9.17) is 9.84 Å². The zero-order valence-corrected chi connectivity index (χ0v) is 8.86. The van der Waals surface area contributed by atoms with Gasteiger partial charge < -0.3 is 14.9 Å². The van der Waals surface area contributed by atoms with Gasteiger partial charge in [-0.2, -0.15) is 0 Å². The van der Waals surface area contributed by atoms with Crippen LogP contribution in [0, 0.1) is 5.82 Å². The van der Waals surface area contributed by atoms with Crippen LogP contribution in [0.15, 0.2) is 12.1 Å². The van der Waals surface area contributed by atoms with E-state index in [1.807, 2.05) is 0 Å². The van der Waals surface area contributed by atoms with Crippen LogP contribution in [0.25, 0.3) is 0 Å². The molecule has 0 saturated carbocycles. The molecule has 0 unspecified atom stereocenters. The fourth-order valence-corrected chi connectivity index (χ4v) is 1.37. The Balaban J connectivity index is 2.75. The second-order valence-electron chi connectivity index (χ2n) is 3.36. The molecule has 0 heterocycles. The minimum atomic E-state index is -0.911. The number of aliphatic carboxylic acids is 1. The Kier molecular flexibility index (Phi) is 4.10. The van der Waals surface area contributed by atoms with Crippen LogP contribution < -0.4 is 4.74 Å². The predicted molar refractivity (Wildman–Crippen MR) is 55.2 cm³/mol. The fraction of sp³-hybridized carbons (Fsp3) is 0.364. The van der Waals surface area contributed by atoms with E-state index < -0.39 is 11.8 Å². The van der Waals surface area contributed by atoms with Gasteiger partial charge in [-0.25, -0.2) is 4.39 Å². The first kappa shape index (κ1) is 12.3. The van der Waals surface area contributed by atoms with Gasteiger partial charge in [-0.1, -0.05) is 0 Å². The van der Waals surface area contributed by atoms with Gasteiger partial charge in [0.1, 0.15) is 5.82 Å². The molecule has 1 aromatic carbocycles. The zero-order chi connectivity index (χ0) is 12.1. The smallest absolute Gasteiger partial charge is 0.303 e. The number of aryl methyl sites for hydroxylation is 1. The minimum absolute atomic E-state index is 0.0113. The van der Waals surface area contributed by atoms with Gasteiger partial charge in [-0.15, -0.1) is 0 Å². The van der Waals surface area contributed by atoms with Crippen LogP contribution in [-0.2, 0) is 11.2 Å². The van der Waals surface area contributed by atoms with E-state index in [0.717, 1.165) is 6.07 Å². The maximum Gasteiger partial charge on any atom is 0.303 e. The molecule has 1 rings (SSSR count). The van der Waals surface area contributed by atoms with E-state index >= 15 is 0 Å². The molecule has 0 atom stereocenters. The molecule has 0 fully saturated rings. The number of carboxylic acid groups (broad SMARTS) is 1. The Morgan fingerprint density at radius 1 is 1.50 bits per heavy atom. The van der Waals surface area contributed by atoms with E-state index in [2.05, 4.69) is 0 Å². The first-order valence-electron chi connectivity index (χ1n) is 4.81. The van der Waals surface area contributed by atoms with Crippen LogP contribution in [0.3, 0.4) is 0 Å². The molecule has 4 nitrogen and oxygen atoms in total. The molecule has 1 aromatic rings. The second-order valence-corrected chi connectivity index (χ2v) is 3.36. The van der Waals surface area contributed by atoms with Gasteiger partial charge >= 0.3 is 5.97 Å². The molecule has 88 valence electrons. The van der Waals surface area contributed by atoms with Crippen molar-refractivity contribution in [3.63, 3.8) is 0 Å². The average molecular weight is 228 g/mol. The van der Waals surface area contributed by atoms with Gasteiger partial charge in [0.15, 0.2) is 11.5 Å². The number of methoxy groups -OCH3 is 1. The highest BCUT2D eigenvalue weighted by atomic mass is 19.1. The molecule has 0 radical (unpaired) electrons. The molecular weight excluding hydrogens is 215 g/mol. The third-order valence-electron chi connectivity index (χ3n) is 2.18. The number of hydrogen-bond acceptors (Lipinski definition) is 3. The quantitative estimate of drug-likeness (QED) is 0.808. The number of phenolic OH excluding ortho intramolecular Hbond substituents is 1. The molecule has 0 amide bonds. The Labute approximate surface area is 92.3 Å². The summed E-state index contributed by atoms with van der Waals surface area (Å²) in [7, 11) is 1.37. The molecule has 5 heteroatoms. The van der Waals surface area contributed by atoms with Gasteiger partial charge in [0.25, 0.3) is 0 Å². The van der Waals surface area contributed by atoms with Crippen LogP contribution in [0.4, 0.5) is 4.39 Å². The summed E-state index contributed by atoms with van der Waals surface area (Å²) in [6.45, 7) is 0. The van der Waals surface area contributed by atoms with Crippen LogP contribution in [0.5, 0.6) is 11.5 Å². The zero-order valence-electron chi connectivity index (χ0n) is 8.86. The molecule has 2 N–H and O–H groups in total. The van der Waals surface area contributed by atoms with Crippen molar-refractivity contribution in [1.82, 2.24) is 0 Å². The van der Waals surface area contributed by atoms with Gasteiger partial charge in [0.05, 0.1) is 7.11 Å². The van der Waals surface area contributed by atoms with Crippen LogP contribution in [-0.4, -0.2) is 23.3 Å². The van der Waals surface area contributed by atoms with Gasteiger partial charge in [-0.3, -0.25) is 4.79 Å². The summed E-state index contributed by atoms with van der Waals surface area (Å²) in [4.78, 5) is 10.3. The number of phenols is 1. The Morgan fingerprint density at radius 2 is 2.19 bits per heavy atom. The van der Waals surface area contributed by atoms with Crippen molar-refractivity contribution in [2.75, 3.05) is 7.11 Å². The van der Waals surface area contributed by atoms with Crippen molar-refractivity contribution < 1.29 is 24.1 Å². The summed E-state index contributed by atoms with van der Waals surface area (Å²) in [5.74, 6) is -1.54. The standard InChI is InChI=1S/C11H13FO4/c1-16-10-5-7(3-2-4-11(14)15)8(12)6-9(10)13/h5-6,13H,2-4H2,1H3,(H,14,15). The summed E-state index contributed by atoms with van der Waals surface area (Å²) in [5.41, 5.74) is 0.343. The largest absolute Gasteiger partial charge is 0.504 e. The van der Waals surface area contributed by atoms with E-state index in [9.17, 15) is 14.3 Å². The summed E-state index contributed by atoms with van der Waals surface area (Å²) >= 11 is 0. The fourth-order valence-electron chi connectivity index (χ4n) is 1.37. The first-order chi connectivity index (χ1) is 7.54. The van der Waals surface area contributed by atoms with Crippen molar-refractivity contribution in [3.8, 4) is 11.5 Å². The minimum Gasteiger partial charge on any atom is -0.504 e. The SMILES string of the molecule is COc1cc(CCCC(=O)O)c(F)cc1O. The van der Waals surface area contributed by atoms with E-state index in [1.165, 1.54) is 13.2 Å². The number of carbonyl (C=O) groups is 1. The van der Waals surface area contributed by atoms with E-state index in [-0.39, 0.29) is 17.9 Å². The van der Waals surface area contributed by atoms with E-state index in [0.29, 0.717) is 18.4 Å². The number of aromatic hydroxyl groups is 1. The van der Waals surface area contributed by atoms with Crippen LogP contribution >= 0.6 is 0 Å². The van der Waals surface area contributed by atoms with Gasteiger partial charge in [0.2, 0.25) is 0 Å². The molecule has 0 aliphatic rings. The number of hydrogen-bond donors (Lipinski definition) is 2. The first-order valence-corrected chi connectivity index (χ1v) is 4.81. The molecule has 16 heavy (non-hydrogen) atoms. The second kappa shape index (κ2) is 5.34. The molecule has 0 aliphatic carbocycles. The molecule has 0 aromatic heterocycles. The molecule has 0 saturated heterocycles. The monoisotopic (exact) mass is 228 g/mol. The van der Waals surface area contributed by atoms with Crippen molar-refractivity contribution in [2.24, 2.45) is 0 Å². The van der Waals surface area contributed by atoms with Crippen LogP contribution in [0.1, 0.15) is 18.4 Å². The van der Waals surface area contributed by atoms with Crippen molar-refractivity contribution in [1.29, 1.82) is 0 Å². The van der Waals surface area contributed by atoms with Crippen LogP contribution in [0.2, 0.25) is 0 Å². The summed E-state index contributed by atoms with van der Waals surface area (Å²) in [6, 6.07) is 2.35. The number of carboxylic acids is 1. The lowest BCUT2D eigenvalue weighted by atomic mass is 10.1. The maximum absolute atomic E-state index is 13.3. The van der Waals surface area contributed by atoms with Gasteiger partial charge in [-0.05, 0) is 24.5 Å². The third-order valence-corrected chi connectivity index (χ3v) is 2.18. The molecule has 0 spiro atoms. The number of benzene rings is 1. The third kappa shape index (κ3) is 3.12. The topological polar surface area (TPSA) is 66.8 Å². The van der Waals surface area contributed by atoms with Crippen molar-refractivity contribution >= 4 is 5.97 Å². The lowest BCUT2D eigenvalue weighted by Crippen LogP contribution is -1.98. The molecular formula is C11H13FO4. The van der Waals surface area contributed by atoms with E-state index in [1.54, 1.807) is 0 Å². The van der Waals surface area contributed by atoms with Gasteiger partial charge in [0, 0.05) is 12.5 Å².